The van der Waals surface area contributed by atoms with Crippen molar-refractivity contribution < 1.29 is 18.0 Å². The van der Waals surface area contributed by atoms with Gasteiger partial charge in [-0.1, -0.05) is 36.4 Å². The lowest BCUT2D eigenvalue weighted by Gasteiger charge is -2.35. The number of benzene rings is 1. The number of carbonyl (C=O) groups excluding carboxylic acids is 1. The summed E-state index contributed by atoms with van der Waals surface area (Å²) >= 11 is 1.49. The van der Waals surface area contributed by atoms with Crippen LogP contribution < -0.4 is 0 Å². The zero-order valence-corrected chi connectivity index (χ0v) is 19.4. The maximum absolute atomic E-state index is 13.7. The number of hydrogen-bond acceptors (Lipinski definition) is 4. The lowest BCUT2D eigenvalue weighted by Crippen LogP contribution is -2.45. The van der Waals surface area contributed by atoms with Gasteiger partial charge in [0.1, 0.15) is 17.0 Å². The molecule has 5 nitrogen and oxygen atoms in total. The summed E-state index contributed by atoms with van der Waals surface area (Å²) < 4.78 is 41.3. The zero-order chi connectivity index (χ0) is 23.9. The van der Waals surface area contributed by atoms with E-state index in [2.05, 4.69) is 9.97 Å². The molecule has 5 rings (SSSR count). The van der Waals surface area contributed by atoms with Gasteiger partial charge in [0.25, 0.3) is 5.91 Å². The third-order valence-corrected chi connectivity index (χ3v) is 7.16. The molecule has 0 spiro atoms. The Morgan fingerprint density at radius 1 is 1.09 bits per heavy atom. The number of aromatic nitrogens is 3. The van der Waals surface area contributed by atoms with E-state index in [9.17, 15) is 18.0 Å². The Kier molecular flexibility index (Phi) is 5.89. The van der Waals surface area contributed by atoms with Crippen molar-refractivity contribution in [2.24, 2.45) is 0 Å². The van der Waals surface area contributed by atoms with Crippen molar-refractivity contribution in [3.63, 3.8) is 0 Å². The fourth-order valence-corrected chi connectivity index (χ4v) is 5.52. The molecule has 0 aliphatic carbocycles. The molecule has 1 aliphatic rings. The van der Waals surface area contributed by atoms with Crippen LogP contribution in [0.15, 0.2) is 54.7 Å². The SMILES string of the molecule is Cc1nc(C(=O)N2CCCCC2Cc2cn3c(C(F)(F)F)cccc3n2)c(-c2ccccc2)s1. The second-order valence-electron chi connectivity index (χ2n) is 8.50. The Labute approximate surface area is 198 Å². The first-order valence-electron chi connectivity index (χ1n) is 11.2. The number of thiazole rings is 1. The fraction of sp³-hybridized carbons (Fsp3) is 0.320. The zero-order valence-electron chi connectivity index (χ0n) is 18.5. The number of rotatable bonds is 4. The first kappa shape index (κ1) is 22.6. The molecule has 1 aliphatic heterocycles. The molecule has 4 aromatic rings. The van der Waals surface area contributed by atoms with Crippen LogP contribution in [0.3, 0.4) is 0 Å². The van der Waals surface area contributed by atoms with E-state index in [1.807, 2.05) is 42.2 Å². The van der Waals surface area contributed by atoms with E-state index >= 15 is 0 Å². The Morgan fingerprint density at radius 2 is 1.88 bits per heavy atom. The number of pyridine rings is 1. The highest BCUT2D eigenvalue weighted by atomic mass is 32.1. The molecule has 9 heteroatoms. The van der Waals surface area contributed by atoms with Gasteiger partial charge in [0.15, 0.2) is 0 Å². The maximum Gasteiger partial charge on any atom is 0.431 e. The minimum atomic E-state index is -4.47. The van der Waals surface area contributed by atoms with Gasteiger partial charge in [-0.3, -0.25) is 9.20 Å². The minimum Gasteiger partial charge on any atom is -0.334 e. The van der Waals surface area contributed by atoms with Crippen LogP contribution >= 0.6 is 11.3 Å². The highest BCUT2D eigenvalue weighted by Gasteiger charge is 2.34. The molecular weight excluding hydrogens is 461 g/mol. The molecule has 1 atom stereocenters. The van der Waals surface area contributed by atoms with E-state index < -0.39 is 11.9 Å². The molecule has 34 heavy (non-hydrogen) atoms. The highest BCUT2D eigenvalue weighted by molar-refractivity contribution is 7.15. The Balaban J connectivity index is 1.45. The number of halogens is 3. The number of likely N-dealkylation sites (tertiary alicyclic amines) is 1. The largest absolute Gasteiger partial charge is 0.431 e. The number of hydrogen-bond donors (Lipinski definition) is 0. The predicted octanol–water partition coefficient (Wildman–Crippen LogP) is 6.02. The van der Waals surface area contributed by atoms with Crippen LogP contribution in [0.5, 0.6) is 0 Å². The topological polar surface area (TPSA) is 50.5 Å². The van der Waals surface area contributed by atoms with Crippen molar-refractivity contribution in [3.8, 4) is 10.4 Å². The van der Waals surface area contributed by atoms with Gasteiger partial charge in [-0.2, -0.15) is 13.2 Å². The number of imidazole rings is 1. The van der Waals surface area contributed by atoms with Crippen LogP contribution in [-0.4, -0.2) is 37.8 Å². The van der Waals surface area contributed by atoms with Crippen molar-refractivity contribution in [3.05, 3.63) is 76.8 Å². The average Bonchev–Trinajstić information content (AvgIpc) is 3.41. The van der Waals surface area contributed by atoms with E-state index in [1.165, 1.54) is 23.6 Å². The van der Waals surface area contributed by atoms with Crippen molar-refractivity contribution in [1.29, 1.82) is 0 Å². The van der Waals surface area contributed by atoms with Crippen LogP contribution in [0.4, 0.5) is 13.2 Å². The lowest BCUT2D eigenvalue weighted by molar-refractivity contribution is -0.142. The maximum atomic E-state index is 13.7. The molecule has 1 fully saturated rings. The minimum absolute atomic E-state index is 0.132. The summed E-state index contributed by atoms with van der Waals surface area (Å²) in [5, 5.41) is 0.816. The van der Waals surface area contributed by atoms with Gasteiger partial charge < -0.3 is 4.90 Å². The van der Waals surface area contributed by atoms with Crippen LogP contribution in [0.25, 0.3) is 16.1 Å². The third kappa shape index (κ3) is 4.32. The molecule has 0 saturated carbocycles. The van der Waals surface area contributed by atoms with Crippen LogP contribution in [0.2, 0.25) is 0 Å². The van der Waals surface area contributed by atoms with Gasteiger partial charge in [-0.25, -0.2) is 9.97 Å². The summed E-state index contributed by atoms with van der Waals surface area (Å²) in [6, 6.07) is 13.5. The molecule has 1 saturated heterocycles. The van der Waals surface area contributed by atoms with E-state index in [0.29, 0.717) is 24.4 Å². The normalized spacial score (nSPS) is 16.8. The second-order valence-corrected chi connectivity index (χ2v) is 9.70. The summed E-state index contributed by atoms with van der Waals surface area (Å²) in [4.78, 5) is 25.3. The molecule has 1 aromatic carbocycles. The number of amides is 1. The standard InChI is InChI=1S/C25H23F3N4OS/c1-16-29-22(23(34-16)17-8-3-2-4-9-17)24(33)31-13-6-5-10-19(31)14-18-15-32-20(25(26,27)28)11-7-12-21(32)30-18/h2-4,7-9,11-12,15,19H,5-6,10,13-14H2,1H3. The summed E-state index contributed by atoms with van der Waals surface area (Å²) in [5.74, 6) is -0.132. The predicted molar refractivity (Wildman–Crippen MR) is 125 cm³/mol. The number of nitrogens with zero attached hydrogens (tertiary/aromatic N) is 4. The van der Waals surface area contributed by atoms with Crippen molar-refractivity contribution in [2.45, 2.75) is 44.8 Å². The molecule has 4 heterocycles. The fourth-order valence-electron chi connectivity index (χ4n) is 4.61. The van der Waals surface area contributed by atoms with Gasteiger partial charge in [-0.15, -0.1) is 11.3 Å². The monoisotopic (exact) mass is 484 g/mol. The molecule has 0 radical (unpaired) electrons. The molecule has 1 unspecified atom stereocenters. The van der Waals surface area contributed by atoms with E-state index in [4.69, 9.17) is 0 Å². The smallest absolute Gasteiger partial charge is 0.334 e. The van der Waals surface area contributed by atoms with E-state index in [-0.39, 0.29) is 17.6 Å². The number of alkyl halides is 3. The summed E-state index contributed by atoms with van der Waals surface area (Å²) in [5.41, 5.74) is 1.42. The van der Waals surface area contributed by atoms with Crippen LogP contribution in [-0.2, 0) is 12.6 Å². The molecule has 0 N–H and O–H groups in total. The molecule has 176 valence electrons. The Hall–Kier alpha value is -3.20. The first-order valence-corrected chi connectivity index (χ1v) is 12.0. The molecule has 3 aromatic heterocycles. The van der Waals surface area contributed by atoms with Gasteiger partial charge in [0.2, 0.25) is 0 Å². The Morgan fingerprint density at radius 3 is 2.65 bits per heavy atom. The van der Waals surface area contributed by atoms with Crippen molar-refractivity contribution in [1.82, 2.24) is 19.3 Å². The van der Waals surface area contributed by atoms with Gasteiger partial charge >= 0.3 is 6.18 Å². The summed E-state index contributed by atoms with van der Waals surface area (Å²) in [6.45, 7) is 2.48. The van der Waals surface area contributed by atoms with Gasteiger partial charge in [0, 0.05) is 25.2 Å². The van der Waals surface area contributed by atoms with E-state index in [0.717, 1.165) is 45.2 Å². The average molecular weight is 485 g/mol. The number of piperidine rings is 1. The van der Waals surface area contributed by atoms with Gasteiger partial charge in [-0.05, 0) is 43.9 Å². The molecule has 1 amide bonds. The molecular formula is C25H23F3N4OS. The lowest BCUT2D eigenvalue weighted by atomic mass is 9.97. The number of carbonyl (C=O) groups is 1. The molecule has 0 bridgehead atoms. The summed E-state index contributed by atoms with van der Waals surface area (Å²) in [6.07, 6.45) is -0.0187. The highest BCUT2D eigenvalue weighted by Crippen LogP contribution is 2.33. The quantitative estimate of drug-likeness (QED) is 0.356. The Bertz CT molecular complexity index is 1330. The van der Waals surface area contributed by atoms with E-state index in [1.54, 1.807) is 6.07 Å². The number of fused-ring (bicyclic) bond motifs is 1. The van der Waals surface area contributed by atoms with Crippen molar-refractivity contribution in [2.75, 3.05) is 6.54 Å². The third-order valence-electron chi connectivity index (χ3n) is 6.14. The van der Waals surface area contributed by atoms with Crippen LogP contribution in [0.1, 0.15) is 46.1 Å². The number of aryl methyl sites for hydroxylation is 1. The summed E-state index contributed by atoms with van der Waals surface area (Å²) in [7, 11) is 0. The van der Waals surface area contributed by atoms with Crippen LogP contribution in [0, 0.1) is 6.92 Å². The van der Waals surface area contributed by atoms with Crippen molar-refractivity contribution >= 4 is 22.9 Å². The second kappa shape index (κ2) is 8.87. The first-order chi connectivity index (χ1) is 16.3. The van der Waals surface area contributed by atoms with Gasteiger partial charge in [0.05, 0.1) is 15.6 Å².